The molecule has 8 heteroatoms. The zero-order valence-electron chi connectivity index (χ0n) is 25.0. The normalized spacial score (nSPS) is 17.8. The third-order valence-electron chi connectivity index (χ3n) is 6.65. The van der Waals surface area contributed by atoms with Gasteiger partial charge in [-0.2, -0.15) is 10.4 Å². The first-order valence-electron chi connectivity index (χ1n) is 14.4. The minimum atomic E-state index is -2.98. The second-order valence-corrected chi connectivity index (χ2v) is 9.39. The van der Waals surface area contributed by atoms with E-state index in [0.29, 0.717) is 45.5 Å². The van der Waals surface area contributed by atoms with Gasteiger partial charge in [0.1, 0.15) is 0 Å². The molecule has 4 aromatic rings. The Labute approximate surface area is 227 Å². The summed E-state index contributed by atoms with van der Waals surface area (Å²) < 4.78 is 40.7. The van der Waals surface area contributed by atoms with Gasteiger partial charge in [0.2, 0.25) is 0 Å². The maximum absolute atomic E-state index is 13.0. The molecule has 8 nitrogen and oxygen atoms in total. The molecule has 0 radical (unpaired) electrons. The maximum atomic E-state index is 13.0. The highest BCUT2D eigenvalue weighted by Crippen LogP contribution is 2.24. The highest BCUT2D eigenvalue weighted by atomic mass is 16.5. The van der Waals surface area contributed by atoms with Gasteiger partial charge >= 0.3 is 0 Å². The lowest BCUT2D eigenvalue weighted by Gasteiger charge is -2.28. The molecule has 38 heavy (non-hydrogen) atoms. The molecule has 192 valence electrons. The zero-order chi connectivity index (χ0) is 29.9. The van der Waals surface area contributed by atoms with Crippen molar-refractivity contribution in [3.63, 3.8) is 0 Å². The van der Waals surface area contributed by atoms with Crippen LogP contribution in [0.15, 0.2) is 77.9 Å². The van der Waals surface area contributed by atoms with Crippen molar-refractivity contribution >= 4 is 0 Å². The van der Waals surface area contributed by atoms with E-state index >= 15 is 0 Å². The second-order valence-electron chi connectivity index (χ2n) is 9.39. The van der Waals surface area contributed by atoms with E-state index in [9.17, 15) is 11.4 Å². The van der Waals surface area contributed by atoms with Gasteiger partial charge in [0.05, 0.1) is 43.7 Å². The molecular weight excluding hydrogens is 476 g/mol. The molecule has 1 aliphatic rings. The fourth-order valence-electron chi connectivity index (χ4n) is 4.38. The summed E-state index contributed by atoms with van der Waals surface area (Å²) in [7, 11) is 2.12. The number of aromatic nitrogens is 4. The molecule has 0 aliphatic carbocycles. The molecule has 2 aromatic carbocycles. The Bertz CT molecular complexity index is 1660. The molecule has 0 saturated carbocycles. The summed E-state index contributed by atoms with van der Waals surface area (Å²) in [6, 6.07) is 14.9. The molecule has 1 saturated heterocycles. The van der Waals surface area contributed by atoms with Crippen LogP contribution in [0.5, 0.6) is 5.75 Å². The minimum Gasteiger partial charge on any atom is -0.490 e. The van der Waals surface area contributed by atoms with Crippen LogP contribution in [0.3, 0.4) is 0 Å². The van der Waals surface area contributed by atoms with Crippen molar-refractivity contribution in [1.82, 2.24) is 24.6 Å². The minimum absolute atomic E-state index is 0.0173. The van der Waals surface area contributed by atoms with Crippen LogP contribution in [0.4, 0.5) is 0 Å². The number of piperidine rings is 1. The van der Waals surface area contributed by atoms with Crippen LogP contribution in [0.1, 0.15) is 42.3 Å². The van der Waals surface area contributed by atoms with Gasteiger partial charge in [-0.3, -0.25) is 4.79 Å². The molecular formula is C30H30N6O2. The van der Waals surface area contributed by atoms with Crippen LogP contribution in [0.2, 0.25) is 0 Å². The van der Waals surface area contributed by atoms with Crippen molar-refractivity contribution in [1.29, 1.82) is 5.26 Å². The SMILES string of the molecule is [2H]C([2H])([2H])C([2H])(c1cccc(-c2ncc(OCC3CCN(C)CC3)cn2)c1)n1nc(-c2cccc(C#N)c2)ccc1=O. The third-order valence-corrected chi connectivity index (χ3v) is 6.65. The fourth-order valence-corrected chi connectivity index (χ4v) is 4.38. The number of likely N-dealkylation sites (tertiary alicyclic amines) is 1. The van der Waals surface area contributed by atoms with E-state index in [1.54, 1.807) is 48.8 Å². The second kappa shape index (κ2) is 11.4. The number of nitrogens with zero attached hydrogens (tertiary/aromatic N) is 6. The van der Waals surface area contributed by atoms with E-state index in [1.807, 2.05) is 6.07 Å². The number of rotatable bonds is 7. The van der Waals surface area contributed by atoms with E-state index in [4.69, 9.17) is 8.85 Å². The largest absolute Gasteiger partial charge is 0.490 e. The average molecular weight is 511 g/mol. The number of ether oxygens (including phenoxy) is 1. The van der Waals surface area contributed by atoms with Gasteiger partial charge in [0.15, 0.2) is 11.6 Å². The van der Waals surface area contributed by atoms with Crippen molar-refractivity contribution in [2.45, 2.75) is 25.7 Å². The van der Waals surface area contributed by atoms with Crippen molar-refractivity contribution in [2.24, 2.45) is 5.92 Å². The van der Waals surface area contributed by atoms with E-state index in [0.717, 1.165) is 25.9 Å². The fraction of sp³-hybridized carbons (Fsp3) is 0.300. The highest BCUT2D eigenvalue weighted by molar-refractivity contribution is 5.61. The van der Waals surface area contributed by atoms with Crippen molar-refractivity contribution in [3.05, 3.63) is 94.5 Å². The summed E-state index contributed by atoms with van der Waals surface area (Å²) in [4.78, 5) is 24.1. The summed E-state index contributed by atoms with van der Waals surface area (Å²) in [6.45, 7) is -0.294. The smallest absolute Gasteiger partial charge is 0.267 e. The van der Waals surface area contributed by atoms with Crippen molar-refractivity contribution in [2.75, 3.05) is 26.7 Å². The Kier molecular flexibility index (Phi) is 6.18. The number of benzene rings is 2. The maximum Gasteiger partial charge on any atom is 0.267 e. The van der Waals surface area contributed by atoms with Crippen LogP contribution in [0.25, 0.3) is 22.6 Å². The van der Waals surface area contributed by atoms with E-state index in [1.165, 1.54) is 24.3 Å². The van der Waals surface area contributed by atoms with Gasteiger partial charge in [-0.25, -0.2) is 14.6 Å². The van der Waals surface area contributed by atoms with Crippen LogP contribution in [-0.4, -0.2) is 51.4 Å². The van der Waals surface area contributed by atoms with E-state index in [2.05, 4.69) is 27.0 Å². The molecule has 0 N–H and O–H groups in total. The van der Waals surface area contributed by atoms with Crippen LogP contribution < -0.4 is 10.3 Å². The average Bonchev–Trinajstić information content (AvgIpc) is 3.00. The van der Waals surface area contributed by atoms with Gasteiger partial charge in [-0.05, 0) is 75.6 Å². The van der Waals surface area contributed by atoms with Gasteiger partial charge in [-0.1, -0.05) is 30.3 Å². The first-order chi connectivity index (χ1) is 20.1. The summed E-state index contributed by atoms with van der Waals surface area (Å²) >= 11 is 0. The Morgan fingerprint density at radius 3 is 2.63 bits per heavy atom. The van der Waals surface area contributed by atoms with Crippen molar-refractivity contribution < 1.29 is 10.2 Å². The number of hydrogen-bond acceptors (Lipinski definition) is 7. The summed E-state index contributed by atoms with van der Waals surface area (Å²) in [5.41, 5.74) is 0.879. The molecule has 1 fully saturated rings. The highest BCUT2D eigenvalue weighted by Gasteiger charge is 2.18. The molecule has 5 rings (SSSR count). The lowest BCUT2D eigenvalue weighted by atomic mass is 9.98. The van der Waals surface area contributed by atoms with Gasteiger partial charge in [-0.15, -0.1) is 0 Å². The standard InChI is InChI=1S/C30H30N6O2/c1-21(36-29(37)10-9-28(34-36)25-7-3-5-23(15-25)17-31)24-6-4-8-26(16-24)30-32-18-27(19-33-30)38-20-22-11-13-35(2)14-12-22/h3-10,15-16,18-19,21-22H,11-14,20H2,1-2H3/i1D3,21D. The van der Waals surface area contributed by atoms with Crippen LogP contribution >= 0.6 is 0 Å². The lowest BCUT2D eigenvalue weighted by Crippen LogP contribution is -2.32. The molecule has 0 bridgehead atoms. The Hall–Kier alpha value is -4.35. The summed E-state index contributed by atoms with van der Waals surface area (Å²) in [5.74, 6) is 1.34. The predicted molar refractivity (Wildman–Crippen MR) is 146 cm³/mol. The molecule has 1 atom stereocenters. The molecule has 0 amide bonds. The molecule has 1 unspecified atom stereocenters. The molecule has 2 aromatic heterocycles. The molecule has 1 aliphatic heterocycles. The van der Waals surface area contributed by atoms with Crippen molar-refractivity contribution in [3.8, 4) is 34.5 Å². The first-order valence-corrected chi connectivity index (χ1v) is 12.4. The number of nitriles is 1. The molecule has 0 spiro atoms. The van der Waals surface area contributed by atoms with Crippen LogP contribution in [0, 0.1) is 17.2 Å². The Balaban J connectivity index is 1.45. The Morgan fingerprint density at radius 2 is 1.87 bits per heavy atom. The van der Waals surface area contributed by atoms with Gasteiger partial charge in [0.25, 0.3) is 5.56 Å². The molecule has 3 heterocycles. The Morgan fingerprint density at radius 1 is 1.11 bits per heavy atom. The predicted octanol–water partition coefficient (Wildman–Crippen LogP) is 4.57. The summed E-state index contributed by atoms with van der Waals surface area (Å²) in [6.07, 6.45) is 5.31. The topological polar surface area (TPSA) is 96.9 Å². The first kappa shape index (κ1) is 20.7. The number of hydrogen-bond donors (Lipinski definition) is 0. The van der Waals surface area contributed by atoms with E-state index < -0.39 is 18.4 Å². The third kappa shape index (κ3) is 5.79. The van der Waals surface area contributed by atoms with E-state index in [-0.39, 0.29) is 11.3 Å². The lowest BCUT2D eigenvalue weighted by molar-refractivity contribution is 0.159. The monoisotopic (exact) mass is 510 g/mol. The summed E-state index contributed by atoms with van der Waals surface area (Å²) in [5, 5.41) is 13.6. The van der Waals surface area contributed by atoms with Gasteiger partial charge < -0.3 is 9.64 Å². The van der Waals surface area contributed by atoms with Gasteiger partial charge in [0, 0.05) is 21.3 Å². The van der Waals surface area contributed by atoms with Crippen LogP contribution in [-0.2, 0) is 0 Å². The quantitative estimate of drug-likeness (QED) is 0.359. The zero-order valence-corrected chi connectivity index (χ0v) is 21.0.